The summed E-state index contributed by atoms with van der Waals surface area (Å²) in [5.74, 6) is 0.699. The molecular weight excluding hydrogens is 224 g/mol. The molecule has 0 spiro atoms. The fourth-order valence-electron chi connectivity index (χ4n) is 1.17. The second-order valence-electron chi connectivity index (χ2n) is 3.33. The van der Waals surface area contributed by atoms with Gasteiger partial charge in [0.25, 0.3) is 0 Å². The smallest absolute Gasteiger partial charge is 0.123 e. The van der Waals surface area contributed by atoms with Crippen molar-refractivity contribution in [1.29, 1.82) is 0 Å². The average molecular weight is 240 g/mol. The van der Waals surface area contributed by atoms with Crippen molar-refractivity contribution in [2.24, 2.45) is 5.73 Å². The highest BCUT2D eigenvalue weighted by atomic mass is 32.1. The second kappa shape index (κ2) is 6.40. The van der Waals surface area contributed by atoms with Crippen molar-refractivity contribution >= 4 is 17.2 Å². The first-order valence-electron chi connectivity index (χ1n) is 5.13. The highest BCUT2D eigenvalue weighted by molar-refractivity contribution is 7.80. The molecule has 1 unspecified atom stereocenters. The highest BCUT2D eigenvalue weighted by Crippen LogP contribution is 2.13. The van der Waals surface area contributed by atoms with Gasteiger partial charge in [-0.2, -0.15) is 0 Å². The molecule has 0 amide bonds. The Bertz CT molecular complexity index is 358. The molecule has 0 aliphatic heterocycles. The average Bonchev–Trinajstić information content (AvgIpc) is 2.26. The van der Waals surface area contributed by atoms with Crippen LogP contribution >= 0.6 is 12.2 Å². The van der Waals surface area contributed by atoms with Crippen LogP contribution in [0.4, 0.5) is 0 Å². The third-order valence-electron chi connectivity index (χ3n) is 1.88. The lowest BCUT2D eigenvalue weighted by molar-refractivity contribution is 0.0657. The van der Waals surface area contributed by atoms with Crippen molar-refractivity contribution in [2.45, 2.75) is 20.0 Å². The van der Waals surface area contributed by atoms with Crippen molar-refractivity contribution in [3.63, 3.8) is 0 Å². The first kappa shape index (κ1) is 12.9. The Hall–Kier alpha value is -1.20. The minimum Gasteiger partial charge on any atom is -0.488 e. The first-order chi connectivity index (χ1) is 7.63. The Kier molecular flexibility index (Phi) is 5.14. The van der Waals surface area contributed by atoms with E-state index in [2.05, 4.69) is 4.98 Å². The molecule has 0 aromatic carbocycles. The number of thiocarbonyl (C=S) groups is 1. The van der Waals surface area contributed by atoms with E-state index >= 15 is 0 Å². The van der Waals surface area contributed by atoms with Gasteiger partial charge in [0.1, 0.15) is 22.5 Å². The predicted octanol–water partition coefficient (Wildman–Crippen LogP) is 1.52. The summed E-state index contributed by atoms with van der Waals surface area (Å²) in [5, 5.41) is 0. The molecule has 1 atom stereocenters. The molecule has 2 N–H and O–H groups in total. The molecule has 0 bridgehead atoms. The molecule has 1 aromatic heterocycles. The molecule has 0 aliphatic rings. The summed E-state index contributed by atoms with van der Waals surface area (Å²) in [7, 11) is 0. The van der Waals surface area contributed by atoms with E-state index in [1.807, 2.05) is 13.8 Å². The molecule has 88 valence electrons. The predicted molar refractivity (Wildman–Crippen MR) is 66.7 cm³/mol. The molecule has 1 aromatic rings. The lowest BCUT2D eigenvalue weighted by Gasteiger charge is -2.14. The van der Waals surface area contributed by atoms with Crippen LogP contribution in [0.15, 0.2) is 18.3 Å². The van der Waals surface area contributed by atoms with Gasteiger partial charge in [-0.1, -0.05) is 12.2 Å². The summed E-state index contributed by atoms with van der Waals surface area (Å²) in [4.78, 5) is 4.30. The van der Waals surface area contributed by atoms with Gasteiger partial charge in [-0.25, -0.2) is 0 Å². The Balaban J connectivity index is 2.59. The van der Waals surface area contributed by atoms with E-state index in [1.165, 1.54) is 0 Å². The molecule has 1 heterocycles. The lowest BCUT2D eigenvalue weighted by Crippen LogP contribution is -2.19. The van der Waals surface area contributed by atoms with Gasteiger partial charge in [-0.15, -0.1) is 0 Å². The van der Waals surface area contributed by atoms with Crippen LogP contribution in [0.5, 0.6) is 5.75 Å². The van der Waals surface area contributed by atoms with Gasteiger partial charge >= 0.3 is 0 Å². The Morgan fingerprint density at radius 2 is 2.38 bits per heavy atom. The van der Waals surface area contributed by atoms with Crippen molar-refractivity contribution in [3.8, 4) is 5.75 Å². The largest absolute Gasteiger partial charge is 0.488 e. The van der Waals surface area contributed by atoms with Crippen molar-refractivity contribution in [3.05, 3.63) is 24.0 Å². The van der Waals surface area contributed by atoms with E-state index in [-0.39, 0.29) is 11.1 Å². The zero-order chi connectivity index (χ0) is 12.0. The van der Waals surface area contributed by atoms with E-state index < -0.39 is 0 Å². The first-order valence-corrected chi connectivity index (χ1v) is 5.54. The number of hydrogen-bond acceptors (Lipinski definition) is 4. The van der Waals surface area contributed by atoms with E-state index in [9.17, 15) is 0 Å². The van der Waals surface area contributed by atoms with Gasteiger partial charge in [-0.05, 0) is 19.9 Å². The number of nitrogens with zero attached hydrogens (tertiary/aromatic N) is 1. The van der Waals surface area contributed by atoms with Crippen molar-refractivity contribution in [1.82, 2.24) is 4.98 Å². The molecule has 0 saturated carbocycles. The third kappa shape index (κ3) is 4.12. The minimum atomic E-state index is -0.0125. The van der Waals surface area contributed by atoms with Gasteiger partial charge in [0.2, 0.25) is 0 Å². The van der Waals surface area contributed by atoms with E-state index in [0.29, 0.717) is 24.7 Å². The van der Waals surface area contributed by atoms with Gasteiger partial charge in [0.15, 0.2) is 0 Å². The Morgan fingerprint density at radius 3 is 3.00 bits per heavy atom. The van der Waals surface area contributed by atoms with Crippen LogP contribution in [0.2, 0.25) is 0 Å². The van der Waals surface area contributed by atoms with Gasteiger partial charge in [-0.3, -0.25) is 4.98 Å². The van der Waals surface area contributed by atoms with E-state index in [1.54, 1.807) is 18.3 Å². The summed E-state index contributed by atoms with van der Waals surface area (Å²) in [6, 6.07) is 3.50. The molecule has 0 saturated heterocycles. The summed E-state index contributed by atoms with van der Waals surface area (Å²) < 4.78 is 10.9. The van der Waals surface area contributed by atoms with E-state index in [0.717, 1.165) is 0 Å². The fraction of sp³-hybridized carbons (Fsp3) is 0.455. The van der Waals surface area contributed by atoms with Crippen molar-refractivity contribution in [2.75, 3.05) is 13.2 Å². The summed E-state index contributed by atoms with van der Waals surface area (Å²) >= 11 is 4.84. The molecule has 1 rings (SSSR count). The lowest BCUT2D eigenvalue weighted by atomic mass is 10.3. The van der Waals surface area contributed by atoms with Crippen LogP contribution in [0.25, 0.3) is 0 Å². The van der Waals surface area contributed by atoms with Crippen LogP contribution < -0.4 is 10.5 Å². The maximum Gasteiger partial charge on any atom is 0.123 e. The standard InChI is InChI=1S/C11H16N2O2S/c1-3-14-7-8(2)15-9-4-5-13-10(6-9)11(12)16/h4-6,8H,3,7H2,1-2H3,(H2,12,16). The number of ether oxygens (including phenoxy) is 2. The SMILES string of the molecule is CCOCC(C)Oc1ccnc(C(N)=S)c1. The van der Waals surface area contributed by atoms with Crippen LogP contribution in [0.1, 0.15) is 19.5 Å². The normalized spacial score (nSPS) is 12.1. The highest BCUT2D eigenvalue weighted by Gasteiger charge is 2.05. The van der Waals surface area contributed by atoms with Gasteiger partial charge in [0, 0.05) is 18.9 Å². The number of rotatable bonds is 6. The molecule has 16 heavy (non-hydrogen) atoms. The fourth-order valence-corrected chi connectivity index (χ4v) is 1.28. The van der Waals surface area contributed by atoms with Crippen LogP contribution in [0.3, 0.4) is 0 Å². The molecule has 0 radical (unpaired) electrons. The molecular formula is C11H16N2O2S. The summed E-state index contributed by atoms with van der Waals surface area (Å²) in [6.07, 6.45) is 1.61. The molecule has 0 aliphatic carbocycles. The zero-order valence-corrected chi connectivity index (χ0v) is 10.3. The number of aromatic nitrogens is 1. The topological polar surface area (TPSA) is 57.4 Å². The minimum absolute atomic E-state index is 0.0125. The van der Waals surface area contributed by atoms with Gasteiger partial charge < -0.3 is 15.2 Å². The Labute approximate surface area is 101 Å². The maximum absolute atomic E-state index is 5.63. The van der Waals surface area contributed by atoms with Crippen LogP contribution in [0, 0.1) is 0 Å². The Morgan fingerprint density at radius 1 is 1.62 bits per heavy atom. The third-order valence-corrected chi connectivity index (χ3v) is 2.09. The second-order valence-corrected chi connectivity index (χ2v) is 3.77. The monoisotopic (exact) mass is 240 g/mol. The van der Waals surface area contributed by atoms with Gasteiger partial charge in [0.05, 0.1) is 6.61 Å². The number of nitrogens with two attached hydrogens (primary N) is 1. The zero-order valence-electron chi connectivity index (χ0n) is 9.47. The van der Waals surface area contributed by atoms with Crippen molar-refractivity contribution < 1.29 is 9.47 Å². The molecule has 0 fully saturated rings. The maximum atomic E-state index is 5.63. The summed E-state index contributed by atoms with van der Waals surface area (Å²) in [5.41, 5.74) is 6.05. The van der Waals surface area contributed by atoms with E-state index in [4.69, 9.17) is 27.4 Å². The quantitative estimate of drug-likeness (QED) is 0.764. The molecule has 5 heteroatoms. The number of hydrogen-bond donors (Lipinski definition) is 1. The van der Waals surface area contributed by atoms with Crippen LogP contribution in [-0.4, -0.2) is 29.3 Å². The molecule has 4 nitrogen and oxygen atoms in total. The number of pyridine rings is 1. The summed E-state index contributed by atoms with van der Waals surface area (Å²) in [6.45, 7) is 5.13. The van der Waals surface area contributed by atoms with Crippen LogP contribution in [-0.2, 0) is 4.74 Å².